The zero-order valence-electron chi connectivity index (χ0n) is 25.3. The Morgan fingerprint density at radius 1 is 1.02 bits per heavy atom. The van der Waals surface area contributed by atoms with Gasteiger partial charge in [-0.1, -0.05) is 42.5 Å². The van der Waals surface area contributed by atoms with Gasteiger partial charge in [0.2, 0.25) is 11.9 Å². The summed E-state index contributed by atoms with van der Waals surface area (Å²) in [5.74, 6) is -1.61. The molecule has 4 aromatic rings. The Balaban J connectivity index is 0.00000113. The summed E-state index contributed by atoms with van der Waals surface area (Å²) in [6.45, 7) is 3.54. The minimum atomic E-state index is -1.40. The van der Waals surface area contributed by atoms with Crippen LogP contribution < -0.4 is 21.2 Å². The second kappa shape index (κ2) is 15.3. The minimum absolute atomic E-state index is 0.0213. The Labute approximate surface area is 263 Å². The first-order chi connectivity index (χ1) is 22.0. The number of aromatic amines is 1. The summed E-state index contributed by atoms with van der Waals surface area (Å²) in [6, 6.07) is 15.1. The number of H-pyrrole nitrogens is 1. The SMILES string of the molecule is CC(=O)O.Cc1cn(C[C@H](NC(=O)OCc2ccccc2)C(=O)O)c(=O)nc1N1CCC(C(=O)Nc2nc3ccccc3[nH]2)CC1. The van der Waals surface area contributed by atoms with Crippen molar-refractivity contribution in [3.63, 3.8) is 0 Å². The highest BCUT2D eigenvalue weighted by Crippen LogP contribution is 2.25. The van der Waals surface area contributed by atoms with E-state index in [-0.39, 0.29) is 25.0 Å². The van der Waals surface area contributed by atoms with E-state index in [9.17, 15) is 24.3 Å². The number of rotatable bonds is 9. The van der Waals surface area contributed by atoms with Gasteiger partial charge in [0.1, 0.15) is 18.5 Å². The Kier molecular flexibility index (Phi) is 11.0. The van der Waals surface area contributed by atoms with Crippen LogP contribution in [0.4, 0.5) is 16.6 Å². The molecule has 0 bridgehead atoms. The van der Waals surface area contributed by atoms with Crippen LogP contribution in [0.3, 0.4) is 0 Å². The zero-order valence-corrected chi connectivity index (χ0v) is 25.3. The first-order valence-electron chi connectivity index (χ1n) is 14.5. The number of piperidine rings is 1. The number of benzene rings is 2. The van der Waals surface area contributed by atoms with Crippen LogP contribution in [-0.2, 0) is 32.3 Å². The fourth-order valence-electron chi connectivity index (χ4n) is 4.91. The number of nitrogens with zero attached hydrogens (tertiary/aromatic N) is 4. The fourth-order valence-corrected chi connectivity index (χ4v) is 4.91. The third kappa shape index (κ3) is 9.14. The summed E-state index contributed by atoms with van der Waals surface area (Å²) in [5.41, 5.74) is 2.38. The maximum absolute atomic E-state index is 12.9. The standard InChI is InChI=1S/C29H31N7O6.C2H4O2/c1-18-15-36(16-23(26(38)39)32-29(41)42-17-19-7-3-2-4-8-19)28(40)33-24(18)35-13-11-20(12-14-35)25(37)34-27-30-21-9-5-6-10-22(21)31-27;1-2(3)4/h2-10,15,20,23H,11-14,16-17H2,1H3,(H,32,41)(H,38,39)(H2,30,31,34,37);1H3,(H,3,4)/t23-;/m0./s1. The van der Waals surface area contributed by atoms with Crippen molar-refractivity contribution in [1.29, 1.82) is 0 Å². The highest BCUT2D eigenvalue weighted by atomic mass is 16.5. The Morgan fingerprint density at radius 2 is 1.67 bits per heavy atom. The Hall–Kier alpha value is -5.73. The maximum Gasteiger partial charge on any atom is 0.408 e. The van der Waals surface area contributed by atoms with Crippen LogP contribution >= 0.6 is 0 Å². The predicted molar refractivity (Wildman–Crippen MR) is 167 cm³/mol. The summed E-state index contributed by atoms with van der Waals surface area (Å²) in [6.07, 6.45) is 1.74. The molecule has 2 aromatic heterocycles. The van der Waals surface area contributed by atoms with E-state index in [1.165, 1.54) is 6.20 Å². The fraction of sp³-hybridized carbons (Fsp3) is 0.323. The van der Waals surface area contributed by atoms with E-state index in [1.54, 1.807) is 31.2 Å². The highest BCUT2D eigenvalue weighted by Gasteiger charge is 2.28. The molecule has 1 atom stereocenters. The molecule has 15 nitrogen and oxygen atoms in total. The molecule has 5 rings (SSSR count). The van der Waals surface area contributed by atoms with Crippen molar-refractivity contribution in [1.82, 2.24) is 24.8 Å². The summed E-state index contributed by atoms with van der Waals surface area (Å²) < 4.78 is 6.27. The number of imidazole rings is 1. The molecule has 3 heterocycles. The van der Waals surface area contributed by atoms with Crippen molar-refractivity contribution in [3.05, 3.63) is 82.4 Å². The van der Waals surface area contributed by atoms with E-state index in [0.29, 0.717) is 43.3 Å². The van der Waals surface area contributed by atoms with Gasteiger partial charge in [-0.05, 0) is 37.5 Å². The van der Waals surface area contributed by atoms with E-state index in [2.05, 4.69) is 25.6 Å². The molecular weight excluding hydrogens is 598 g/mol. The van der Waals surface area contributed by atoms with Gasteiger partial charge in [-0.15, -0.1) is 0 Å². The average molecular weight is 634 g/mol. The van der Waals surface area contributed by atoms with Gasteiger partial charge in [0.15, 0.2) is 0 Å². The molecule has 5 N–H and O–H groups in total. The van der Waals surface area contributed by atoms with Crippen molar-refractivity contribution in [2.24, 2.45) is 5.92 Å². The van der Waals surface area contributed by atoms with Gasteiger partial charge in [0, 0.05) is 37.7 Å². The maximum atomic E-state index is 12.9. The molecule has 1 fully saturated rings. The average Bonchev–Trinajstić information content (AvgIpc) is 3.44. The molecule has 0 saturated carbocycles. The molecule has 0 spiro atoms. The monoisotopic (exact) mass is 633 g/mol. The van der Waals surface area contributed by atoms with Crippen molar-refractivity contribution < 1.29 is 34.1 Å². The van der Waals surface area contributed by atoms with Gasteiger partial charge >= 0.3 is 17.8 Å². The van der Waals surface area contributed by atoms with Crippen LogP contribution in [0.25, 0.3) is 11.0 Å². The van der Waals surface area contributed by atoms with Gasteiger partial charge in [-0.25, -0.2) is 19.4 Å². The van der Waals surface area contributed by atoms with Crippen LogP contribution in [0.5, 0.6) is 0 Å². The number of ether oxygens (including phenoxy) is 1. The largest absolute Gasteiger partial charge is 0.481 e. The summed E-state index contributed by atoms with van der Waals surface area (Å²) in [4.78, 5) is 72.4. The molecule has 15 heteroatoms. The second-order valence-corrected chi connectivity index (χ2v) is 10.7. The first kappa shape index (κ1) is 33.2. The predicted octanol–water partition coefficient (Wildman–Crippen LogP) is 2.75. The van der Waals surface area contributed by atoms with Gasteiger partial charge < -0.3 is 30.2 Å². The quantitative estimate of drug-likeness (QED) is 0.181. The number of fused-ring (bicyclic) bond motifs is 1. The van der Waals surface area contributed by atoms with Crippen LogP contribution in [0, 0.1) is 12.8 Å². The molecule has 46 heavy (non-hydrogen) atoms. The van der Waals surface area contributed by atoms with Crippen molar-refractivity contribution in [3.8, 4) is 0 Å². The van der Waals surface area contributed by atoms with Crippen molar-refractivity contribution in [2.75, 3.05) is 23.3 Å². The van der Waals surface area contributed by atoms with Crippen molar-refractivity contribution in [2.45, 2.75) is 45.9 Å². The second-order valence-electron chi connectivity index (χ2n) is 10.7. The third-order valence-corrected chi connectivity index (χ3v) is 7.13. The lowest BCUT2D eigenvalue weighted by Crippen LogP contribution is -2.46. The Morgan fingerprint density at radius 3 is 2.33 bits per heavy atom. The molecule has 1 aliphatic heterocycles. The summed E-state index contributed by atoms with van der Waals surface area (Å²) in [5, 5.41) is 22.2. The summed E-state index contributed by atoms with van der Waals surface area (Å²) in [7, 11) is 0. The van der Waals surface area contributed by atoms with Crippen LogP contribution in [0.1, 0.15) is 30.9 Å². The number of aromatic nitrogens is 4. The minimum Gasteiger partial charge on any atom is -0.481 e. The van der Waals surface area contributed by atoms with Gasteiger partial charge in [0.05, 0.1) is 17.6 Å². The number of carbonyl (C=O) groups is 4. The molecule has 0 aliphatic carbocycles. The molecule has 1 saturated heterocycles. The van der Waals surface area contributed by atoms with Crippen LogP contribution in [0.2, 0.25) is 0 Å². The molecule has 242 valence electrons. The number of carbonyl (C=O) groups excluding carboxylic acids is 2. The number of hydrogen-bond donors (Lipinski definition) is 5. The molecule has 2 aromatic carbocycles. The number of amides is 2. The number of para-hydroxylation sites is 2. The van der Waals surface area contributed by atoms with E-state index in [4.69, 9.17) is 14.6 Å². The lowest BCUT2D eigenvalue weighted by Gasteiger charge is -2.32. The van der Waals surface area contributed by atoms with Gasteiger partial charge in [0.25, 0.3) is 5.97 Å². The summed E-state index contributed by atoms with van der Waals surface area (Å²) >= 11 is 0. The smallest absolute Gasteiger partial charge is 0.408 e. The molecule has 0 unspecified atom stereocenters. The topological polar surface area (TPSA) is 209 Å². The van der Waals surface area contributed by atoms with E-state index >= 15 is 0 Å². The number of hydrogen-bond acceptors (Lipinski definition) is 9. The molecular formula is C31H35N7O8. The number of nitrogens with one attached hydrogen (secondary N) is 3. The van der Waals surface area contributed by atoms with E-state index in [1.807, 2.05) is 35.2 Å². The zero-order chi connectivity index (χ0) is 33.2. The van der Waals surface area contributed by atoms with Gasteiger partial charge in [-0.2, -0.15) is 4.98 Å². The van der Waals surface area contributed by atoms with Crippen LogP contribution in [-0.4, -0.2) is 72.8 Å². The normalized spacial score (nSPS) is 13.7. The van der Waals surface area contributed by atoms with Crippen molar-refractivity contribution >= 4 is 46.7 Å². The lowest BCUT2D eigenvalue weighted by atomic mass is 9.96. The van der Waals surface area contributed by atoms with Gasteiger partial charge in [-0.3, -0.25) is 19.5 Å². The Bertz CT molecular complexity index is 1710. The third-order valence-electron chi connectivity index (χ3n) is 7.13. The molecule has 1 aliphatic rings. The van der Waals surface area contributed by atoms with E-state index < -0.39 is 29.8 Å². The number of carboxylic acids is 2. The number of aryl methyl sites for hydroxylation is 1. The number of carboxylic acid groups (broad SMARTS) is 2. The number of aliphatic carboxylic acids is 2. The molecule has 0 radical (unpaired) electrons. The number of anilines is 2. The van der Waals surface area contributed by atoms with Crippen LogP contribution in [0.15, 0.2) is 65.6 Å². The highest BCUT2D eigenvalue weighted by molar-refractivity contribution is 5.92. The van der Waals surface area contributed by atoms with E-state index in [0.717, 1.165) is 28.1 Å². The number of alkyl carbamates (subject to hydrolysis) is 1. The molecule has 2 amide bonds. The first-order valence-corrected chi connectivity index (χ1v) is 14.5. The lowest BCUT2D eigenvalue weighted by molar-refractivity contribution is -0.139.